The topological polar surface area (TPSA) is 50.4 Å². The highest BCUT2D eigenvalue weighted by molar-refractivity contribution is 5.81. The zero-order valence-electron chi connectivity index (χ0n) is 13.4. The van der Waals surface area contributed by atoms with Gasteiger partial charge in [0, 0.05) is 12.6 Å². The van der Waals surface area contributed by atoms with Gasteiger partial charge in [-0.05, 0) is 43.0 Å². The summed E-state index contributed by atoms with van der Waals surface area (Å²) >= 11 is 0. The van der Waals surface area contributed by atoms with Crippen LogP contribution in [0.2, 0.25) is 0 Å². The Labute approximate surface area is 127 Å². The van der Waals surface area contributed by atoms with Gasteiger partial charge in [-0.3, -0.25) is 4.79 Å². The van der Waals surface area contributed by atoms with Crippen molar-refractivity contribution in [2.45, 2.75) is 51.7 Å². The highest BCUT2D eigenvalue weighted by atomic mass is 16.5. The quantitative estimate of drug-likeness (QED) is 0.894. The van der Waals surface area contributed by atoms with Gasteiger partial charge in [-0.1, -0.05) is 32.9 Å². The molecule has 0 aromatic heterocycles. The van der Waals surface area contributed by atoms with Crippen LogP contribution in [0, 0.1) is 0 Å². The monoisotopic (exact) mass is 290 g/mol. The van der Waals surface area contributed by atoms with Crippen LogP contribution in [-0.2, 0) is 10.2 Å². The molecule has 1 heterocycles. The first-order chi connectivity index (χ1) is 9.86. The number of benzene rings is 1. The fourth-order valence-electron chi connectivity index (χ4n) is 2.39. The zero-order chi connectivity index (χ0) is 15.5. The van der Waals surface area contributed by atoms with Crippen LogP contribution < -0.4 is 15.4 Å². The second-order valence-corrected chi connectivity index (χ2v) is 6.73. The largest absolute Gasteiger partial charge is 0.481 e. The molecule has 1 saturated heterocycles. The van der Waals surface area contributed by atoms with E-state index in [1.54, 1.807) is 6.92 Å². The standard InChI is InChI=1S/C17H26N2O2/c1-12(16(20)19-14-9-10-18-11-14)21-15-7-5-13(6-8-15)17(2,3)4/h5-8,12,14,18H,9-11H2,1-4H3,(H,19,20). The van der Waals surface area contributed by atoms with E-state index in [4.69, 9.17) is 4.74 Å². The first-order valence-corrected chi connectivity index (χ1v) is 7.64. The van der Waals surface area contributed by atoms with Gasteiger partial charge in [0.05, 0.1) is 0 Å². The van der Waals surface area contributed by atoms with Crippen molar-refractivity contribution in [2.75, 3.05) is 13.1 Å². The molecule has 0 spiro atoms. The smallest absolute Gasteiger partial charge is 0.261 e. The molecular formula is C17H26N2O2. The molecule has 0 radical (unpaired) electrons. The predicted octanol–water partition coefficient (Wildman–Crippen LogP) is 2.23. The third-order valence-corrected chi connectivity index (χ3v) is 3.81. The average Bonchev–Trinajstić information content (AvgIpc) is 2.91. The first-order valence-electron chi connectivity index (χ1n) is 7.64. The average molecular weight is 290 g/mol. The number of carbonyl (C=O) groups is 1. The van der Waals surface area contributed by atoms with Gasteiger partial charge in [-0.2, -0.15) is 0 Å². The van der Waals surface area contributed by atoms with Gasteiger partial charge in [-0.25, -0.2) is 0 Å². The van der Waals surface area contributed by atoms with Crippen LogP contribution in [0.3, 0.4) is 0 Å². The molecule has 116 valence electrons. The van der Waals surface area contributed by atoms with E-state index < -0.39 is 6.10 Å². The van der Waals surface area contributed by atoms with Crippen LogP contribution in [0.15, 0.2) is 24.3 Å². The Kier molecular flexibility index (Phi) is 4.88. The van der Waals surface area contributed by atoms with E-state index in [9.17, 15) is 4.79 Å². The van der Waals surface area contributed by atoms with E-state index in [1.807, 2.05) is 12.1 Å². The lowest BCUT2D eigenvalue weighted by molar-refractivity contribution is -0.127. The predicted molar refractivity (Wildman–Crippen MR) is 84.6 cm³/mol. The van der Waals surface area contributed by atoms with Crippen molar-refractivity contribution in [1.29, 1.82) is 0 Å². The summed E-state index contributed by atoms with van der Waals surface area (Å²) in [6.45, 7) is 10.1. The molecule has 4 heteroatoms. The Morgan fingerprint density at radius 1 is 1.33 bits per heavy atom. The molecule has 2 N–H and O–H groups in total. The molecule has 21 heavy (non-hydrogen) atoms. The van der Waals surface area contributed by atoms with Crippen LogP contribution in [-0.4, -0.2) is 31.1 Å². The van der Waals surface area contributed by atoms with Crippen molar-refractivity contribution in [1.82, 2.24) is 10.6 Å². The minimum Gasteiger partial charge on any atom is -0.481 e. The summed E-state index contributed by atoms with van der Waals surface area (Å²) in [4.78, 5) is 12.1. The van der Waals surface area contributed by atoms with Crippen molar-refractivity contribution in [3.63, 3.8) is 0 Å². The molecule has 2 unspecified atom stereocenters. The summed E-state index contributed by atoms with van der Waals surface area (Å²) in [7, 11) is 0. The summed E-state index contributed by atoms with van der Waals surface area (Å²) in [5, 5.41) is 6.24. The number of ether oxygens (including phenoxy) is 1. The molecule has 1 aliphatic rings. The third-order valence-electron chi connectivity index (χ3n) is 3.81. The number of rotatable bonds is 4. The van der Waals surface area contributed by atoms with E-state index >= 15 is 0 Å². The van der Waals surface area contributed by atoms with Crippen molar-refractivity contribution in [2.24, 2.45) is 0 Å². The Bertz CT molecular complexity index is 471. The molecule has 4 nitrogen and oxygen atoms in total. The van der Waals surface area contributed by atoms with Crippen LogP contribution in [0.25, 0.3) is 0 Å². The molecule has 1 fully saturated rings. The summed E-state index contributed by atoms with van der Waals surface area (Å²) in [5.41, 5.74) is 1.38. The van der Waals surface area contributed by atoms with E-state index in [1.165, 1.54) is 5.56 Å². The highest BCUT2D eigenvalue weighted by Crippen LogP contribution is 2.24. The molecule has 1 aliphatic heterocycles. The van der Waals surface area contributed by atoms with E-state index in [-0.39, 0.29) is 17.4 Å². The maximum atomic E-state index is 12.1. The Morgan fingerprint density at radius 2 is 2.00 bits per heavy atom. The van der Waals surface area contributed by atoms with E-state index in [0.29, 0.717) is 0 Å². The lowest BCUT2D eigenvalue weighted by Crippen LogP contribution is -2.43. The molecule has 0 aliphatic carbocycles. The van der Waals surface area contributed by atoms with Crippen LogP contribution in [0.1, 0.15) is 39.7 Å². The summed E-state index contributed by atoms with van der Waals surface area (Å²) in [6, 6.07) is 8.21. The number of amides is 1. The first kappa shape index (κ1) is 15.8. The molecule has 1 aromatic carbocycles. The van der Waals surface area contributed by atoms with Gasteiger partial charge >= 0.3 is 0 Å². The SMILES string of the molecule is CC(Oc1ccc(C(C)(C)C)cc1)C(=O)NC1CCNC1. The second kappa shape index (κ2) is 6.48. The Morgan fingerprint density at radius 3 is 2.52 bits per heavy atom. The van der Waals surface area contributed by atoms with Crippen molar-refractivity contribution in [3.05, 3.63) is 29.8 Å². The van der Waals surface area contributed by atoms with Crippen LogP contribution in [0.5, 0.6) is 5.75 Å². The number of hydrogen-bond donors (Lipinski definition) is 2. The van der Waals surface area contributed by atoms with E-state index in [0.717, 1.165) is 25.3 Å². The van der Waals surface area contributed by atoms with Gasteiger partial charge in [0.25, 0.3) is 5.91 Å². The number of hydrogen-bond acceptors (Lipinski definition) is 3. The maximum absolute atomic E-state index is 12.1. The highest BCUT2D eigenvalue weighted by Gasteiger charge is 2.21. The number of nitrogens with one attached hydrogen (secondary N) is 2. The fourth-order valence-corrected chi connectivity index (χ4v) is 2.39. The third kappa shape index (κ3) is 4.46. The number of carbonyl (C=O) groups excluding carboxylic acids is 1. The summed E-state index contributed by atoms with van der Waals surface area (Å²) in [6.07, 6.45) is 0.504. The summed E-state index contributed by atoms with van der Waals surface area (Å²) < 4.78 is 5.72. The molecule has 2 rings (SSSR count). The minimum atomic E-state index is -0.480. The molecule has 1 aromatic rings. The molecule has 0 saturated carbocycles. The summed E-state index contributed by atoms with van der Waals surface area (Å²) in [5.74, 6) is 0.679. The molecule has 0 bridgehead atoms. The Hall–Kier alpha value is -1.55. The lowest BCUT2D eigenvalue weighted by Gasteiger charge is -2.20. The van der Waals surface area contributed by atoms with E-state index in [2.05, 4.69) is 43.5 Å². The van der Waals surface area contributed by atoms with Crippen LogP contribution >= 0.6 is 0 Å². The molecule has 2 atom stereocenters. The molecular weight excluding hydrogens is 264 g/mol. The van der Waals surface area contributed by atoms with Crippen molar-refractivity contribution in [3.8, 4) is 5.75 Å². The lowest BCUT2D eigenvalue weighted by atomic mass is 9.87. The zero-order valence-corrected chi connectivity index (χ0v) is 13.4. The molecule has 1 amide bonds. The van der Waals surface area contributed by atoms with Gasteiger partial charge in [-0.15, -0.1) is 0 Å². The van der Waals surface area contributed by atoms with Crippen molar-refractivity contribution < 1.29 is 9.53 Å². The minimum absolute atomic E-state index is 0.0522. The normalized spacial score (nSPS) is 20.1. The fraction of sp³-hybridized carbons (Fsp3) is 0.588. The van der Waals surface area contributed by atoms with Gasteiger partial charge in [0.15, 0.2) is 6.10 Å². The maximum Gasteiger partial charge on any atom is 0.261 e. The Balaban J connectivity index is 1.89. The van der Waals surface area contributed by atoms with Gasteiger partial charge in [0.2, 0.25) is 0 Å². The second-order valence-electron chi connectivity index (χ2n) is 6.73. The van der Waals surface area contributed by atoms with Gasteiger partial charge in [0.1, 0.15) is 5.75 Å². The van der Waals surface area contributed by atoms with Gasteiger partial charge < -0.3 is 15.4 Å². The van der Waals surface area contributed by atoms with Crippen molar-refractivity contribution >= 4 is 5.91 Å². The van der Waals surface area contributed by atoms with Crippen LogP contribution in [0.4, 0.5) is 0 Å².